The highest BCUT2D eigenvalue weighted by Gasteiger charge is 1.96. The Kier molecular flexibility index (Phi) is 15.2. The number of aliphatic hydroxyl groups is 4. The van der Waals surface area contributed by atoms with Crippen molar-refractivity contribution in [3.8, 4) is 0 Å². The number of aromatic carboxylic acids is 1. The van der Waals surface area contributed by atoms with Crippen molar-refractivity contribution in [3.05, 3.63) is 35.9 Å². The fraction of sp³-hybridized carbons (Fsp3) is 0.417. The van der Waals surface area contributed by atoms with Crippen LogP contribution < -0.4 is 5.73 Å². The van der Waals surface area contributed by atoms with E-state index in [2.05, 4.69) is 0 Å². The van der Waals surface area contributed by atoms with Gasteiger partial charge in [-0.2, -0.15) is 0 Å². The molecule has 1 aromatic rings. The summed E-state index contributed by atoms with van der Waals surface area (Å²) in [4.78, 5) is 10.2. The minimum atomic E-state index is -0.954. The molecule has 110 valence electrons. The summed E-state index contributed by atoms with van der Waals surface area (Å²) >= 11 is 0. The van der Waals surface area contributed by atoms with Gasteiger partial charge in [0.05, 0.1) is 25.4 Å². The van der Waals surface area contributed by atoms with Gasteiger partial charge >= 0.3 is 5.97 Å². The number of carboxylic acids is 1. The Balaban J connectivity index is 0. The molecule has 0 atom stereocenters. The third-order valence-electron chi connectivity index (χ3n) is 1.57. The first kappa shape index (κ1) is 19.8. The van der Waals surface area contributed by atoms with Crippen LogP contribution in [0.2, 0.25) is 0 Å². The van der Waals surface area contributed by atoms with Crippen LogP contribution in [0.15, 0.2) is 30.3 Å². The van der Waals surface area contributed by atoms with Gasteiger partial charge in [-0.25, -0.2) is 4.79 Å². The van der Waals surface area contributed by atoms with E-state index in [0.717, 1.165) is 0 Å². The number of hydrogen-bond donors (Lipinski definition) is 6. The smallest absolute Gasteiger partial charge is 0.335 e. The third kappa shape index (κ3) is 14.4. The summed E-state index contributed by atoms with van der Waals surface area (Å²) in [5.41, 5.74) is 5.11. The van der Waals surface area contributed by atoms with E-state index in [1.165, 1.54) is 0 Å². The van der Waals surface area contributed by atoms with Crippen molar-refractivity contribution in [2.24, 2.45) is 5.73 Å². The van der Waals surface area contributed by atoms with E-state index >= 15 is 0 Å². The van der Waals surface area contributed by atoms with E-state index in [0.29, 0.717) is 12.1 Å². The van der Waals surface area contributed by atoms with Crippen molar-refractivity contribution in [2.75, 3.05) is 26.4 Å². The fourth-order valence-corrected chi connectivity index (χ4v) is 0.638. The third-order valence-corrected chi connectivity index (χ3v) is 1.57. The Morgan fingerprint density at radius 1 is 1.11 bits per heavy atom. The summed E-state index contributed by atoms with van der Waals surface area (Å²) in [6, 6.07) is 8.30. The van der Waals surface area contributed by atoms with Gasteiger partial charge in [0.25, 0.3) is 0 Å². The standard InChI is InChI=1S/C7H6O2.C3H8O3.C2H7NO/c8-7(9)6-4-2-1-3-5-6;4-1-3(6)2-5;3-1-2-4/h1-5H,(H,8,9);3-6H,1-2H2;4H,1-3H2. The molecule has 0 fully saturated rings. The monoisotopic (exact) mass is 275 g/mol. The lowest BCUT2D eigenvalue weighted by Gasteiger charge is -1.96. The molecule has 0 aromatic heterocycles. The first-order valence-electron chi connectivity index (χ1n) is 5.52. The maximum absolute atomic E-state index is 10.2. The second-order valence-electron chi connectivity index (χ2n) is 3.20. The van der Waals surface area contributed by atoms with Crippen LogP contribution >= 0.6 is 0 Å². The van der Waals surface area contributed by atoms with E-state index in [-0.39, 0.29) is 19.8 Å². The first-order chi connectivity index (χ1) is 9.03. The van der Waals surface area contributed by atoms with Gasteiger partial charge in [0.15, 0.2) is 0 Å². The van der Waals surface area contributed by atoms with Crippen molar-refractivity contribution >= 4 is 5.97 Å². The van der Waals surface area contributed by atoms with Crippen LogP contribution in [-0.4, -0.2) is 64.0 Å². The average molecular weight is 275 g/mol. The summed E-state index contributed by atoms with van der Waals surface area (Å²) in [5, 5.41) is 40.2. The largest absolute Gasteiger partial charge is 0.478 e. The quantitative estimate of drug-likeness (QED) is 0.398. The molecule has 0 radical (unpaired) electrons. The van der Waals surface area contributed by atoms with Gasteiger partial charge in [0.2, 0.25) is 0 Å². The number of carboxylic acid groups (broad SMARTS) is 1. The summed E-state index contributed by atoms with van der Waals surface area (Å²) in [6.45, 7) is -0.257. The number of aliphatic hydroxyl groups excluding tert-OH is 4. The number of nitrogens with two attached hydrogens (primary N) is 1. The molecule has 7 nitrogen and oxygen atoms in total. The molecule has 0 aliphatic carbocycles. The predicted molar refractivity (Wildman–Crippen MR) is 69.7 cm³/mol. The van der Waals surface area contributed by atoms with Crippen LogP contribution in [0.1, 0.15) is 10.4 Å². The normalized spacial score (nSPS) is 8.95. The topological polar surface area (TPSA) is 144 Å². The summed E-state index contributed by atoms with van der Waals surface area (Å²) in [6.07, 6.45) is -0.954. The van der Waals surface area contributed by atoms with Gasteiger partial charge in [0, 0.05) is 6.54 Å². The summed E-state index contributed by atoms with van der Waals surface area (Å²) in [7, 11) is 0. The molecule has 0 heterocycles. The van der Waals surface area contributed by atoms with Crippen LogP contribution in [0, 0.1) is 0 Å². The molecule has 7 N–H and O–H groups in total. The SMILES string of the molecule is NCCO.O=C(O)c1ccccc1.OCC(O)CO. The van der Waals surface area contributed by atoms with Gasteiger partial charge in [-0.15, -0.1) is 0 Å². The molecule has 0 saturated carbocycles. The highest BCUT2D eigenvalue weighted by atomic mass is 16.4. The van der Waals surface area contributed by atoms with E-state index in [9.17, 15) is 4.79 Å². The lowest BCUT2D eigenvalue weighted by molar-refractivity contribution is 0.0450. The second-order valence-corrected chi connectivity index (χ2v) is 3.20. The van der Waals surface area contributed by atoms with Crippen molar-refractivity contribution in [1.82, 2.24) is 0 Å². The summed E-state index contributed by atoms with van der Waals surface area (Å²) < 4.78 is 0. The van der Waals surface area contributed by atoms with E-state index in [4.69, 9.17) is 31.3 Å². The molecular formula is C12H21NO6. The number of carbonyl (C=O) groups is 1. The number of hydrogen-bond acceptors (Lipinski definition) is 6. The molecule has 0 aliphatic rings. The highest BCUT2D eigenvalue weighted by molar-refractivity contribution is 5.87. The number of rotatable bonds is 4. The zero-order valence-electron chi connectivity index (χ0n) is 10.5. The van der Waals surface area contributed by atoms with Crippen molar-refractivity contribution in [3.63, 3.8) is 0 Å². The molecule has 0 bridgehead atoms. The van der Waals surface area contributed by atoms with Crippen LogP contribution in [0.4, 0.5) is 0 Å². The molecule has 7 heteroatoms. The Morgan fingerprint density at radius 2 is 1.53 bits per heavy atom. The Hall–Kier alpha value is -1.51. The minimum absolute atomic E-state index is 0.0972. The molecule has 0 amide bonds. The first-order valence-corrected chi connectivity index (χ1v) is 5.52. The molecule has 0 aliphatic heterocycles. The molecule has 1 aromatic carbocycles. The molecule has 0 spiro atoms. The number of benzene rings is 1. The molecule has 19 heavy (non-hydrogen) atoms. The van der Waals surface area contributed by atoms with Gasteiger partial charge in [-0.1, -0.05) is 18.2 Å². The van der Waals surface area contributed by atoms with Crippen LogP contribution in [0.3, 0.4) is 0 Å². The zero-order chi connectivity index (χ0) is 15.1. The summed E-state index contributed by atoms with van der Waals surface area (Å²) in [5.74, 6) is -0.879. The van der Waals surface area contributed by atoms with Gasteiger partial charge < -0.3 is 31.3 Å². The molecular weight excluding hydrogens is 254 g/mol. The van der Waals surface area contributed by atoms with Gasteiger partial charge in [0.1, 0.15) is 6.10 Å². The van der Waals surface area contributed by atoms with Crippen molar-refractivity contribution in [2.45, 2.75) is 6.10 Å². The molecule has 1 rings (SSSR count). The Morgan fingerprint density at radius 3 is 1.68 bits per heavy atom. The lowest BCUT2D eigenvalue weighted by atomic mass is 10.2. The highest BCUT2D eigenvalue weighted by Crippen LogP contribution is 1.96. The maximum Gasteiger partial charge on any atom is 0.335 e. The van der Waals surface area contributed by atoms with Crippen LogP contribution in [-0.2, 0) is 0 Å². The van der Waals surface area contributed by atoms with E-state index in [1.807, 2.05) is 0 Å². The van der Waals surface area contributed by atoms with Gasteiger partial charge in [-0.05, 0) is 12.1 Å². The molecule has 0 unspecified atom stereocenters. The zero-order valence-corrected chi connectivity index (χ0v) is 10.5. The maximum atomic E-state index is 10.2. The van der Waals surface area contributed by atoms with Crippen LogP contribution in [0.25, 0.3) is 0 Å². The Bertz CT molecular complexity index is 300. The fourth-order valence-electron chi connectivity index (χ4n) is 0.638. The van der Waals surface area contributed by atoms with Crippen molar-refractivity contribution < 1.29 is 30.3 Å². The molecule has 0 saturated heterocycles. The average Bonchev–Trinajstić information content (AvgIpc) is 2.48. The van der Waals surface area contributed by atoms with E-state index < -0.39 is 12.1 Å². The minimum Gasteiger partial charge on any atom is -0.478 e. The van der Waals surface area contributed by atoms with Crippen LogP contribution in [0.5, 0.6) is 0 Å². The Labute approximate surface area is 111 Å². The van der Waals surface area contributed by atoms with Gasteiger partial charge in [-0.3, -0.25) is 0 Å². The van der Waals surface area contributed by atoms with E-state index in [1.54, 1.807) is 30.3 Å². The lowest BCUT2D eigenvalue weighted by Crippen LogP contribution is -2.15. The second kappa shape index (κ2) is 14.6. The predicted octanol–water partition coefficient (Wildman–Crippen LogP) is -1.35. The van der Waals surface area contributed by atoms with Crippen molar-refractivity contribution in [1.29, 1.82) is 0 Å².